The fraction of sp³-hybridized carbons (Fsp3) is 0.538. The Labute approximate surface area is 121 Å². The zero-order valence-corrected chi connectivity index (χ0v) is 11.9. The maximum atomic E-state index is 12.1. The molecular weight excluding hydrogens is 295 g/mol. The zero-order valence-electron chi connectivity index (χ0n) is 11.0. The molecule has 0 spiro atoms. The van der Waals surface area contributed by atoms with Crippen LogP contribution in [0, 0.1) is 0 Å². The summed E-state index contributed by atoms with van der Waals surface area (Å²) >= 11 is 0. The minimum atomic E-state index is -4.20. The molecule has 0 amide bonds. The normalized spacial score (nSPS) is 14.2. The van der Waals surface area contributed by atoms with E-state index in [1.165, 1.54) is 7.11 Å². The molecule has 0 bridgehead atoms. The third-order valence-electron chi connectivity index (χ3n) is 3.04. The summed E-state index contributed by atoms with van der Waals surface area (Å²) in [5.74, 6) is 0.938. The van der Waals surface area contributed by atoms with E-state index in [0.29, 0.717) is 11.5 Å². The lowest BCUT2D eigenvalue weighted by Gasteiger charge is -2.22. The second-order valence-corrected chi connectivity index (χ2v) is 4.38. The molecule has 0 atom stereocenters. The molecule has 1 aliphatic rings. The van der Waals surface area contributed by atoms with Crippen LogP contribution in [0.2, 0.25) is 0 Å². The molecule has 3 nitrogen and oxygen atoms in total. The van der Waals surface area contributed by atoms with Crippen LogP contribution in [0.3, 0.4) is 0 Å². The van der Waals surface area contributed by atoms with Gasteiger partial charge in [-0.15, -0.1) is 12.4 Å². The molecule has 0 aliphatic carbocycles. The number of rotatable bonds is 4. The first kappa shape index (κ1) is 16.9. The van der Waals surface area contributed by atoms with Crippen LogP contribution in [0.25, 0.3) is 0 Å². The number of alkyl halides is 3. The van der Waals surface area contributed by atoms with Crippen molar-refractivity contribution in [3.8, 4) is 11.5 Å². The molecule has 1 aromatic carbocycles. The van der Waals surface area contributed by atoms with Gasteiger partial charge in [-0.2, -0.15) is 13.2 Å². The second kappa shape index (κ2) is 7.04. The van der Waals surface area contributed by atoms with Crippen molar-refractivity contribution in [2.24, 2.45) is 0 Å². The number of hydrogen-bond donors (Lipinski definition) is 1. The highest BCUT2D eigenvalue weighted by atomic mass is 35.5. The Morgan fingerprint density at radius 2 is 2.05 bits per heavy atom. The third kappa shape index (κ3) is 4.18. The van der Waals surface area contributed by atoms with Gasteiger partial charge in [0.2, 0.25) is 0 Å². The summed E-state index contributed by atoms with van der Waals surface area (Å²) in [6.07, 6.45) is -4.38. The van der Waals surface area contributed by atoms with Gasteiger partial charge < -0.3 is 14.8 Å². The van der Waals surface area contributed by atoms with Crippen molar-refractivity contribution in [3.63, 3.8) is 0 Å². The van der Waals surface area contributed by atoms with Gasteiger partial charge >= 0.3 is 6.18 Å². The Hall–Kier alpha value is -1.14. The Morgan fingerprint density at radius 1 is 1.30 bits per heavy atom. The molecule has 7 heteroatoms. The molecule has 0 radical (unpaired) electrons. The highest BCUT2D eigenvalue weighted by Crippen LogP contribution is 2.35. The Kier molecular flexibility index (Phi) is 5.95. The lowest BCUT2D eigenvalue weighted by atomic mass is 9.99. The lowest BCUT2D eigenvalue weighted by Crippen LogP contribution is -2.24. The first-order valence-corrected chi connectivity index (χ1v) is 6.10. The van der Waals surface area contributed by atoms with Crippen LogP contribution in [0.15, 0.2) is 12.1 Å². The van der Waals surface area contributed by atoms with Gasteiger partial charge in [-0.05, 0) is 24.6 Å². The summed E-state index contributed by atoms with van der Waals surface area (Å²) in [6, 6.07) is 3.54. The maximum Gasteiger partial charge on any atom is 0.392 e. The van der Waals surface area contributed by atoms with E-state index in [2.05, 4.69) is 5.32 Å². The molecule has 1 heterocycles. The minimum Gasteiger partial charge on any atom is -0.493 e. The highest BCUT2D eigenvalue weighted by Gasteiger charge is 2.27. The number of hydrogen-bond acceptors (Lipinski definition) is 3. The fourth-order valence-electron chi connectivity index (χ4n) is 2.14. The van der Waals surface area contributed by atoms with E-state index in [1.54, 1.807) is 6.07 Å². The van der Waals surface area contributed by atoms with E-state index in [1.807, 2.05) is 6.07 Å². The van der Waals surface area contributed by atoms with Crippen LogP contribution < -0.4 is 14.8 Å². The van der Waals surface area contributed by atoms with Crippen LogP contribution in [-0.2, 0) is 13.0 Å². The van der Waals surface area contributed by atoms with Gasteiger partial charge in [-0.1, -0.05) is 6.07 Å². The highest BCUT2D eigenvalue weighted by molar-refractivity contribution is 5.85. The number of methoxy groups -OCH3 is 1. The van der Waals surface area contributed by atoms with E-state index < -0.39 is 19.2 Å². The summed E-state index contributed by atoms with van der Waals surface area (Å²) in [4.78, 5) is 0. The van der Waals surface area contributed by atoms with E-state index in [9.17, 15) is 13.2 Å². The van der Waals surface area contributed by atoms with Gasteiger partial charge in [-0.3, -0.25) is 0 Å². The van der Waals surface area contributed by atoms with Crippen molar-refractivity contribution in [1.29, 1.82) is 0 Å². The number of benzene rings is 1. The van der Waals surface area contributed by atoms with Crippen molar-refractivity contribution < 1.29 is 22.6 Å². The van der Waals surface area contributed by atoms with Gasteiger partial charge in [0.1, 0.15) is 0 Å². The van der Waals surface area contributed by atoms with Crippen molar-refractivity contribution in [2.75, 3.05) is 20.3 Å². The van der Waals surface area contributed by atoms with E-state index in [4.69, 9.17) is 9.47 Å². The Bertz CT molecular complexity index is 452. The van der Waals surface area contributed by atoms with Crippen molar-refractivity contribution >= 4 is 12.4 Å². The van der Waals surface area contributed by atoms with E-state index in [0.717, 1.165) is 30.6 Å². The van der Waals surface area contributed by atoms with E-state index >= 15 is 0 Å². The summed E-state index contributed by atoms with van der Waals surface area (Å²) in [5, 5.41) is 3.23. The number of nitrogens with one attached hydrogen (secondary N) is 1. The molecule has 114 valence electrons. The predicted molar refractivity (Wildman–Crippen MR) is 71.8 cm³/mol. The summed E-state index contributed by atoms with van der Waals surface area (Å²) in [6.45, 7) is 1.18. The largest absolute Gasteiger partial charge is 0.493 e. The first-order valence-electron chi connectivity index (χ1n) is 6.10. The molecule has 0 saturated heterocycles. The zero-order chi connectivity index (χ0) is 13.9. The van der Waals surface area contributed by atoms with Gasteiger partial charge in [0.25, 0.3) is 0 Å². The average Bonchev–Trinajstić information content (AvgIpc) is 2.37. The van der Waals surface area contributed by atoms with Gasteiger partial charge in [0.15, 0.2) is 11.5 Å². The predicted octanol–water partition coefficient (Wildman–Crippen LogP) is 3.09. The third-order valence-corrected chi connectivity index (χ3v) is 3.04. The molecule has 0 saturated carbocycles. The number of ether oxygens (including phenoxy) is 2. The standard InChI is InChI=1S/C13H16F3NO2.ClH/c1-18-12-10-4-6-17-8-9(10)2-3-11(12)19-7-5-13(14,15)16;/h2-3,17H,4-8H2,1H3;1H. The summed E-state index contributed by atoms with van der Waals surface area (Å²) < 4.78 is 46.8. The maximum absolute atomic E-state index is 12.1. The van der Waals surface area contributed by atoms with Crippen LogP contribution in [0.5, 0.6) is 11.5 Å². The minimum absolute atomic E-state index is 0. The van der Waals surface area contributed by atoms with Crippen LogP contribution in [-0.4, -0.2) is 26.4 Å². The molecule has 0 aromatic heterocycles. The molecule has 2 rings (SSSR count). The first-order chi connectivity index (χ1) is 9.01. The molecule has 1 N–H and O–H groups in total. The van der Waals surface area contributed by atoms with Crippen molar-refractivity contribution in [1.82, 2.24) is 5.32 Å². The smallest absolute Gasteiger partial charge is 0.392 e. The molecule has 1 aromatic rings. The second-order valence-electron chi connectivity index (χ2n) is 4.38. The fourth-order valence-corrected chi connectivity index (χ4v) is 2.14. The molecule has 20 heavy (non-hydrogen) atoms. The summed E-state index contributed by atoms with van der Waals surface area (Å²) in [5.41, 5.74) is 2.12. The Balaban J connectivity index is 0.00000200. The average molecular weight is 312 g/mol. The monoisotopic (exact) mass is 311 g/mol. The van der Waals surface area contributed by atoms with Crippen LogP contribution in [0.4, 0.5) is 13.2 Å². The molecule has 1 aliphatic heterocycles. The van der Waals surface area contributed by atoms with E-state index in [-0.39, 0.29) is 12.4 Å². The number of halogens is 4. The SMILES string of the molecule is COc1c(OCCC(F)(F)F)ccc2c1CCNC2.Cl. The quantitative estimate of drug-likeness (QED) is 0.927. The van der Waals surface area contributed by atoms with Crippen molar-refractivity contribution in [2.45, 2.75) is 25.6 Å². The molecular formula is C13H17ClF3NO2. The Morgan fingerprint density at radius 3 is 2.70 bits per heavy atom. The van der Waals surface area contributed by atoms with Crippen LogP contribution in [0.1, 0.15) is 17.5 Å². The molecule has 0 unspecified atom stereocenters. The summed E-state index contributed by atoms with van der Waals surface area (Å²) in [7, 11) is 1.51. The van der Waals surface area contributed by atoms with Gasteiger partial charge in [0.05, 0.1) is 20.1 Å². The van der Waals surface area contributed by atoms with Gasteiger partial charge in [0, 0.05) is 12.1 Å². The van der Waals surface area contributed by atoms with Gasteiger partial charge in [-0.25, -0.2) is 0 Å². The van der Waals surface area contributed by atoms with Crippen LogP contribution >= 0.6 is 12.4 Å². The number of fused-ring (bicyclic) bond motifs is 1. The van der Waals surface area contributed by atoms with Crippen molar-refractivity contribution in [3.05, 3.63) is 23.3 Å². The molecule has 0 fully saturated rings. The lowest BCUT2D eigenvalue weighted by molar-refractivity contribution is -0.139. The topological polar surface area (TPSA) is 30.5 Å².